The highest BCUT2D eigenvalue weighted by molar-refractivity contribution is 5.26. The van der Waals surface area contributed by atoms with Crippen LogP contribution in [0, 0.1) is 0 Å². The first-order valence-corrected chi connectivity index (χ1v) is 5.87. The van der Waals surface area contributed by atoms with E-state index in [1.807, 2.05) is 24.4 Å². The molecule has 0 aliphatic carbocycles. The van der Waals surface area contributed by atoms with Gasteiger partial charge in [-0.15, -0.1) is 0 Å². The van der Waals surface area contributed by atoms with Gasteiger partial charge in [-0.2, -0.15) is 0 Å². The Morgan fingerprint density at radius 3 is 2.65 bits per heavy atom. The minimum absolute atomic E-state index is 0.320. The summed E-state index contributed by atoms with van der Waals surface area (Å²) in [6, 6.07) is 11.9. The number of aromatic hydroxyl groups is 1. The Morgan fingerprint density at radius 1 is 1.24 bits per heavy atom. The van der Waals surface area contributed by atoms with Gasteiger partial charge in [0.05, 0.1) is 0 Å². The number of phenols is 1. The number of aromatic nitrogens is 1. The molecule has 0 aliphatic rings. The molecule has 0 saturated carbocycles. The van der Waals surface area contributed by atoms with E-state index in [1.54, 1.807) is 12.1 Å². The van der Waals surface area contributed by atoms with E-state index in [-0.39, 0.29) is 0 Å². The fraction of sp³-hybridized carbons (Fsp3) is 0.286. The topological polar surface area (TPSA) is 48.0 Å². The second-order valence-electron chi connectivity index (χ2n) is 4.35. The van der Waals surface area contributed by atoms with Crippen LogP contribution in [0.1, 0.15) is 18.2 Å². The van der Waals surface area contributed by atoms with Crippen molar-refractivity contribution >= 4 is 0 Å². The Hall–Kier alpha value is -1.74. The molecule has 0 spiro atoms. The van der Waals surface area contributed by atoms with Crippen LogP contribution in [0.4, 0.5) is 0 Å². The summed E-state index contributed by atoms with van der Waals surface area (Å²) in [5.74, 6) is 0.320. The first-order chi connectivity index (χ1) is 8.24. The van der Waals surface area contributed by atoms with Crippen molar-refractivity contribution < 1.29 is 5.11 Å². The van der Waals surface area contributed by atoms with Crippen molar-refractivity contribution in [3.8, 4) is 5.75 Å². The molecule has 3 heteroatoms. The number of hydrogen-bond donors (Lipinski definition) is 3. The molecule has 3 nitrogen and oxygen atoms in total. The third kappa shape index (κ3) is 3.64. The molecule has 1 aromatic heterocycles. The maximum atomic E-state index is 9.20. The van der Waals surface area contributed by atoms with Crippen LogP contribution < -0.4 is 5.32 Å². The van der Waals surface area contributed by atoms with Crippen LogP contribution in [0.3, 0.4) is 0 Å². The van der Waals surface area contributed by atoms with E-state index in [2.05, 4.69) is 23.3 Å². The van der Waals surface area contributed by atoms with Crippen molar-refractivity contribution in [2.24, 2.45) is 0 Å². The van der Waals surface area contributed by atoms with E-state index >= 15 is 0 Å². The molecule has 3 N–H and O–H groups in total. The summed E-state index contributed by atoms with van der Waals surface area (Å²) in [7, 11) is 0. The molecule has 1 atom stereocenters. The molecule has 0 amide bonds. The lowest BCUT2D eigenvalue weighted by Gasteiger charge is -2.13. The van der Waals surface area contributed by atoms with Gasteiger partial charge in [-0.05, 0) is 43.2 Å². The fourth-order valence-electron chi connectivity index (χ4n) is 1.82. The molecule has 0 radical (unpaired) electrons. The van der Waals surface area contributed by atoms with Gasteiger partial charge in [0.25, 0.3) is 0 Å². The summed E-state index contributed by atoms with van der Waals surface area (Å²) in [5.41, 5.74) is 2.43. The Morgan fingerprint density at radius 2 is 2.00 bits per heavy atom. The number of rotatable bonds is 5. The first-order valence-electron chi connectivity index (χ1n) is 5.87. The summed E-state index contributed by atoms with van der Waals surface area (Å²) < 4.78 is 0. The zero-order chi connectivity index (χ0) is 12.1. The minimum atomic E-state index is 0.320. The van der Waals surface area contributed by atoms with Crippen LogP contribution in [0.25, 0.3) is 0 Å². The highest BCUT2D eigenvalue weighted by atomic mass is 16.3. The van der Waals surface area contributed by atoms with Crippen LogP contribution in [0.2, 0.25) is 0 Å². The molecule has 1 aromatic carbocycles. The molecular formula is C14H18N2O. The molecule has 0 saturated heterocycles. The largest absolute Gasteiger partial charge is 0.508 e. The molecule has 17 heavy (non-hydrogen) atoms. The van der Waals surface area contributed by atoms with E-state index in [4.69, 9.17) is 0 Å². The SMILES string of the molecule is C[C@@H](Cc1ccc(O)cc1)NCc1ccc[nH]1. The maximum Gasteiger partial charge on any atom is 0.115 e. The molecule has 90 valence electrons. The zero-order valence-electron chi connectivity index (χ0n) is 9.98. The quantitative estimate of drug-likeness (QED) is 0.739. The van der Waals surface area contributed by atoms with Gasteiger partial charge >= 0.3 is 0 Å². The lowest BCUT2D eigenvalue weighted by atomic mass is 10.1. The standard InChI is InChI=1S/C14H18N2O/c1-11(16-10-13-3-2-8-15-13)9-12-4-6-14(17)7-5-12/h2-8,11,15-17H,9-10H2,1H3/t11-/m0/s1. The van der Waals surface area contributed by atoms with Crippen molar-refractivity contribution in [2.75, 3.05) is 0 Å². The lowest BCUT2D eigenvalue weighted by Crippen LogP contribution is -2.27. The second-order valence-corrected chi connectivity index (χ2v) is 4.35. The van der Waals surface area contributed by atoms with Crippen LogP contribution in [0.15, 0.2) is 42.6 Å². The molecule has 2 aromatic rings. The molecule has 0 bridgehead atoms. The minimum Gasteiger partial charge on any atom is -0.508 e. The van der Waals surface area contributed by atoms with Crippen LogP contribution in [-0.4, -0.2) is 16.1 Å². The van der Waals surface area contributed by atoms with Crippen molar-refractivity contribution in [3.05, 3.63) is 53.9 Å². The third-order valence-electron chi connectivity index (χ3n) is 2.78. The molecule has 0 aliphatic heterocycles. The van der Waals surface area contributed by atoms with Gasteiger partial charge in [0.2, 0.25) is 0 Å². The van der Waals surface area contributed by atoms with Gasteiger partial charge < -0.3 is 15.4 Å². The predicted octanol–water partition coefficient (Wildman–Crippen LogP) is 2.44. The van der Waals surface area contributed by atoms with Crippen molar-refractivity contribution in [3.63, 3.8) is 0 Å². The summed E-state index contributed by atoms with van der Waals surface area (Å²) >= 11 is 0. The van der Waals surface area contributed by atoms with Gasteiger partial charge in [-0.25, -0.2) is 0 Å². The Bertz CT molecular complexity index is 434. The van der Waals surface area contributed by atoms with E-state index < -0.39 is 0 Å². The molecule has 0 unspecified atom stereocenters. The van der Waals surface area contributed by atoms with Crippen molar-refractivity contribution in [2.45, 2.75) is 25.9 Å². The van der Waals surface area contributed by atoms with E-state index in [0.29, 0.717) is 11.8 Å². The van der Waals surface area contributed by atoms with Gasteiger partial charge in [0.1, 0.15) is 5.75 Å². The number of hydrogen-bond acceptors (Lipinski definition) is 2. The van der Waals surface area contributed by atoms with Crippen LogP contribution >= 0.6 is 0 Å². The second kappa shape index (κ2) is 5.55. The molecular weight excluding hydrogens is 212 g/mol. The number of phenolic OH excluding ortho intramolecular Hbond substituents is 1. The van der Waals surface area contributed by atoms with E-state index in [0.717, 1.165) is 13.0 Å². The smallest absolute Gasteiger partial charge is 0.115 e. The Balaban J connectivity index is 1.80. The molecule has 2 rings (SSSR count). The number of aromatic amines is 1. The number of H-pyrrole nitrogens is 1. The zero-order valence-corrected chi connectivity index (χ0v) is 9.98. The van der Waals surface area contributed by atoms with Gasteiger partial charge in [-0.1, -0.05) is 12.1 Å². The summed E-state index contributed by atoms with van der Waals surface area (Å²) in [5, 5.41) is 12.7. The average molecular weight is 230 g/mol. The van der Waals surface area contributed by atoms with Crippen molar-refractivity contribution in [1.82, 2.24) is 10.3 Å². The lowest BCUT2D eigenvalue weighted by molar-refractivity contribution is 0.474. The number of benzene rings is 1. The highest BCUT2D eigenvalue weighted by Crippen LogP contribution is 2.11. The highest BCUT2D eigenvalue weighted by Gasteiger charge is 2.03. The Labute approximate surface area is 102 Å². The number of nitrogens with one attached hydrogen (secondary N) is 2. The predicted molar refractivity (Wildman–Crippen MR) is 68.9 cm³/mol. The summed E-state index contributed by atoms with van der Waals surface area (Å²) in [6.45, 7) is 3.02. The van der Waals surface area contributed by atoms with Crippen LogP contribution in [-0.2, 0) is 13.0 Å². The van der Waals surface area contributed by atoms with E-state index in [9.17, 15) is 5.11 Å². The Kier molecular flexibility index (Phi) is 3.83. The molecule has 1 heterocycles. The van der Waals surface area contributed by atoms with Gasteiger partial charge in [-0.3, -0.25) is 0 Å². The fourth-order valence-corrected chi connectivity index (χ4v) is 1.82. The summed E-state index contributed by atoms with van der Waals surface area (Å²) in [6.07, 6.45) is 2.89. The van der Waals surface area contributed by atoms with Gasteiger partial charge in [0, 0.05) is 24.5 Å². The first kappa shape index (κ1) is 11.7. The average Bonchev–Trinajstić information content (AvgIpc) is 2.83. The maximum absolute atomic E-state index is 9.20. The van der Waals surface area contributed by atoms with Gasteiger partial charge in [0.15, 0.2) is 0 Å². The van der Waals surface area contributed by atoms with Crippen LogP contribution in [0.5, 0.6) is 5.75 Å². The monoisotopic (exact) mass is 230 g/mol. The summed E-state index contributed by atoms with van der Waals surface area (Å²) in [4.78, 5) is 3.17. The van der Waals surface area contributed by atoms with E-state index in [1.165, 1.54) is 11.3 Å². The normalized spacial score (nSPS) is 12.5. The molecule has 0 fully saturated rings. The third-order valence-corrected chi connectivity index (χ3v) is 2.78. The van der Waals surface area contributed by atoms with Crippen molar-refractivity contribution in [1.29, 1.82) is 0 Å².